The minimum absolute atomic E-state index is 0.0962. The second kappa shape index (κ2) is 6.53. The molecule has 0 aliphatic rings. The maximum atomic E-state index is 12.9. The maximum absolute atomic E-state index is 12.9. The first kappa shape index (κ1) is 16.7. The van der Waals surface area contributed by atoms with Gasteiger partial charge in [-0.2, -0.15) is 0 Å². The Labute approximate surface area is 155 Å². The summed E-state index contributed by atoms with van der Waals surface area (Å²) in [5, 5.41) is 0.451. The highest BCUT2D eigenvalue weighted by atomic mass is 16.5. The van der Waals surface area contributed by atoms with E-state index in [1.54, 1.807) is 43.3 Å². The van der Waals surface area contributed by atoms with Crippen LogP contribution in [0.5, 0.6) is 11.5 Å². The zero-order chi connectivity index (χ0) is 19.0. The highest BCUT2D eigenvalue weighted by molar-refractivity contribution is 5.82. The van der Waals surface area contributed by atoms with Crippen molar-refractivity contribution >= 4 is 22.3 Å². The van der Waals surface area contributed by atoms with Gasteiger partial charge in [0.2, 0.25) is 0 Å². The van der Waals surface area contributed by atoms with E-state index < -0.39 is 0 Å². The van der Waals surface area contributed by atoms with Crippen molar-refractivity contribution < 1.29 is 9.15 Å². The molecule has 0 bridgehead atoms. The van der Waals surface area contributed by atoms with Crippen LogP contribution in [0.1, 0.15) is 5.56 Å². The van der Waals surface area contributed by atoms with E-state index in [0.29, 0.717) is 45.2 Å². The molecule has 0 amide bonds. The van der Waals surface area contributed by atoms with E-state index in [9.17, 15) is 4.79 Å². The highest BCUT2D eigenvalue weighted by Gasteiger charge is 2.14. The van der Waals surface area contributed by atoms with E-state index in [4.69, 9.17) is 20.6 Å². The summed E-state index contributed by atoms with van der Waals surface area (Å²) in [7, 11) is 0. The SMILES string of the molecule is Cc1c(-c2ccccc2)oc2ccc(Oc3cc(N)ccc3N)cc2c1=O. The summed E-state index contributed by atoms with van der Waals surface area (Å²) in [6.07, 6.45) is 0. The average molecular weight is 358 g/mol. The number of benzene rings is 3. The van der Waals surface area contributed by atoms with Crippen LogP contribution in [0, 0.1) is 6.92 Å². The lowest BCUT2D eigenvalue weighted by Crippen LogP contribution is -2.07. The Morgan fingerprint density at radius 3 is 2.48 bits per heavy atom. The molecule has 0 fully saturated rings. The summed E-state index contributed by atoms with van der Waals surface area (Å²) in [5.74, 6) is 1.50. The van der Waals surface area contributed by atoms with Crippen LogP contribution in [0.4, 0.5) is 11.4 Å². The summed E-state index contributed by atoms with van der Waals surface area (Å²) in [6.45, 7) is 1.76. The number of hydrogen-bond donors (Lipinski definition) is 2. The number of fused-ring (bicyclic) bond motifs is 1. The van der Waals surface area contributed by atoms with Gasteiger partial charge in [0.15, 0.2) is 11.2 Å². The summed E-state index contributed by atoms with van der Waals surface area (Å²) in [4.78, 5) is 12.9. The number of hydrogen-bond acceptors (Lipinski definition) is 5. The molecule has 4 rings (SSSR count). The van der Waals surface area contributed by atoms with Crippen molar-refractivity contribution in [1.82, 2.24) is 0 Å². The molecule has 4 aromatic rings. The van der Waals surface area contributed by atoms with Gasteiger partial charge in [0.1, 0.15) is 17.1 Å². The fourth-order valence-electron chi connectivity index (χ4n) is 2.96. The fraction of sp³-hybridized carbons (Fsp3) is 0.0455. The summed E-state index contributed by atoms with van der Waals surface area (Å²) in [5.41, 5.74) is 14.5. The summed E-state index contributed by atoms with van der Waals surface area (Å²) >= 11 is 0. The molecule has 0 unspecified atom stereocenters. The van der Waals surface area contributed by atoms with Crippen molar-refractivity contribution in [2.75, 3.05) is 11.5 Å². The third-order valence-corrected chi connectivity index (χ3v) is 4.39. The Balaban J connectivity index is 1.80. The second-order valence-electron chi connectivity index (χ2n) is 6.31. The van der Waals surface area contributed by atoms with Crippen LogP contribution >= 0.6 is 0 Å². The molecule has 134 valence electrons. The lowest BCUT2D eigenvalue weighted by molar-refractivity contribution is 0.485. The first-order valence-corrected chi connectivity index (χ1v) is 8.48. The molecule has 0 radical (unpaired) electrons. The standard InChI is InChI=1S/C22H18N2O3/c1-13-21(25)17-12-16(26-20-11-15(23)7-9-18(20)24)8-10-19(17)27-22(13)14-5-3-2-4-6-14/h2-12H,23-24H2,1H3. The van der Waals surface area contributed by atoms with Gasteiger partial charge in [0.25, 0.3) is 0 Å². The molecule has 1 aromatic heterocycles. The molecule has 0 atom stereocenters. The first-order chi connectivity index (χ1) is 13.0. The first-order valence-electron chi connectivity index (χ1n) is 8.48. The molecule has 0 aliphatic carbocycles. The number of ether oxygens (including phenoxy) is 1. The monoisotopic (exact) mass is 358 g/mol. The number of anilines is 2. The van der Waals surface area contributed by atoms with Gasteiger partial charge in [-0.05, 0) is 37.3 Å². The molecule has 27 heavy (non-hydrogen) atoms. The van der Waals surface area contributed by atoms with Crippen LogP contribution in [0.15, 0.2) is 75.9 Å². The molecule has 5 nitrogen and oxygen atoms in total. The largest absolute Gasteiger partial charge is 0.456 e. The molecule has 0 spiro atoms. The Morgan fingerprint density at radius 2 is 1.70 bits per heavy atom. The van der Waals surface area contributed by atoms with Gasteiger partial charge in [-0.25, -0.2) is 0 Å². The van der Waals surface area contributed by atoms with Crippen molar-refractivity contribution in [3.8, 4) is 22.8 Å². The molecule has 4 N–H and O–H groups in total. The molecular formula is C22H18N2O3. The van der Waals surface area contributed by atoms with E-state index >= 15 is 0 Å². The Morgan fingerprint density at radius 1 is 0.926 bits per heavy atom. The van der Waals surface area contributed by atoms with Crippen molar-refractivity contribution in [2.45, 2.75) is 6.92 Å². The fourth-order valence-corrected chi connectivity index (χ4v) is 2.96. The lowest BCUT2D eigenvalue weighted by Gasteiger charge is -2.11. The Hall–Kier alpha value is -3.73. The smallest absolute Gasteiger partial charge is 0.196 e. The predicted octanol–water partition coefficient (Wildman–Crippen LogP) is 4.73. The van der Waals surface area contributed by atoms with Crippen LogP contribution in [0.2, 0.25) is 0 Å². The van der Waals surface area contributed by atoms with E-state index in [2.05, 4.69) is 0 Å². The van der Waals surface area contributed by atoms with Gasteiger partial charge in [-0.15, -0.1) is 0 Å². The molecule has 0 saturated heterocycles. The highest BCUT2D eigenvalue weighted by Crippen LogP contribution is 2.32. The van der Waals surface area contributed by atoms with E-state index in [-0.39, 0.29) is 5.43 Å². The Kier molecular flexibility index (Phi) is 4.05. The van der Waals surface area contributed by atoms with Crippen LogP contribution in [-0.2, 0) is 0 Å². The van der Waals surface area contributed by atoms with Gasteiger partial charge >= 0.3 is 0 Å². The van der Waals surface area contributed by atoms with Crippen molar-refractivity contribution in [3.63, 3.8) is 0 Å². The van der Waals surface area contributed by atoms with Gasteiger partial charge < -0.3 is 20.6 Å². The minimum atomic E-state index is -0.0962. The predicted molar refractivity (Wildman–Crippen MR) is 108 cm³/mol. The van der Waals surface area contributed by atoms with Crippen LogP contribution in [-0.4, -0.2) is 0 Å². The zero-order valence-electron chi connectivity index (χ0n) is 14.7. The maximum Gasteiger partial charge on any atom is 0.196 e. The molecule has 1 heterocycles. The lowest BCUT2D eigenvalue weighted by atomic mass is 10.1. The summed E-state index contributed by atoms with van der Waals surface area (Å²) < 4.78 is 11.8. The van der Waals surface area contributed by atoms with E-state index in [1.807, 2.05) is 30.3 Å². The van der Waals surface area contributed by atoms with Crippen molar-refractivity contribution in [3.05, 3.63) is 82.5 Å². The molecule has 3 aromatic carbocycles. The topological polar surface area (TPSA) is 91.5 Å². The van der Waals surface area contributed by atoms with Gasteiger partial charge in [0, 0.05) is 22.9 Å². The number of nitrogens with two attached hydrogens (primary N) is 2. The minimum Gasteiger partial charge on any atom is -0.456 e. The van der Waals surface area contributed by atoms with Gasteiger partial charge in [-0.3, -0.25) is 4.79 Å². The van der Waals surface area contributed by atoms with Gasteiger partial charge in [-0.1, -0.05) is 30.3 Å². The van der Waals surface area contributed by atoms with Crippen LogP contribution in [0.3, 0.4) is 0 Å². The van der Waals surface area contributed by atoms with Gasteiger partial charge in [0.05, 0.1) is 11.1 Å². The average Bonchev–Trinajstić information content (AvgIpc) is 2.68. The molecule has 0 aliphatic heterocycles. The van der Waals surface area contributed by atoms with E-state index in [0.717, 1.165) is 5.56 Å². The van der Waals surface area contributed by atoms with Crippen LogP contribution in [0.25, 0.3) is 22.3 Å². The van der Waals surface area contributed by atoms with Crippen LogP contribution < -0.4 is 21.6 Å². The second-order valence-corrected chi connectivity index (χ2v) is 6.31. The van der Waals surface area contributed by atoms with Crippen molar-refractivity contribution in [2.24, 2.45) is 0 Å². The molecule has 5 heteroatoms. The third kappa shape index (κ3) is 3.11. The Bertz CT molecular complexity index is 1200. The molecule has 0 saturated carbocycles. The third-order valence-electron chi connectivity index (χ3n) is 4.39. The molecular weight excluding hydrogens is 340 g/mol. The zero-order valence-corrected chi connectivity index (χ0v) is 14.7. The van der Waals surface area contributed by atoms with E-state index in [1.165, 1.54) is 0 Å². The number of nitrogen functional groups attached to an aromatic ring is 2. The quantitative estimate of drug-likeness (QED) is 0.517. The van der Waals surface area contributed by atoms with Crippen molar-refractivity contribution in [1.29, 1.82) is 0 Å². The normalized spacial score (nSPS) is 10.9. The summed E-state index contributed by atoms with van der Waals surface area (Å²) in [6, 6.07) is 19.7. The number of rotatable bonds is 3.